The number of nitrogens with one attached hydrogen (secondary N) is 1. The summed E-state index contributed by atoms with van der Waals surface area (Å²) < 4.78 is 38.9. The molecule has 0 aromatic heterocycles. The van der Waals surface area contributed by atoms with E-state index in [1.54, 1.807) is 13.1 Å². The predicted octanol–water partition coefficient (Wildman–Crippen LogP) is 1.35. The van der Waals surface area contributed by atoms with E-state index in [1.807, 2.05) is 0 Å². The molecule has 0 aliphatic rings. The minimum absolute atomic E-state index is 0.139. The summed E-state index contributed by atoms with van der Waals surface area (Å²) >= 11 is 0. The molecule has 1 N–H and O–H groups in total. The van der Waals surface area contributed by atoms with Crippen molar-refractivity contribution in [3.8, 4) is 0 Å². The van der Waals surface area contributed by atoms with Gasteiger partial charge in [-0.1, -0.05) is 12.1 Å². The third-order valence-electron chi connectivity index (χ3n) is 2.45. The third kappa shape index (κ3) is 3.16. The summed E-state index contributed by atoms with van der Waals surface area (Å²) in [4.78, 5) is -0.313. The Bertz CT molecular complexity index is 529. The van der Waals surface area contributed by atoms with Crippen molar-refractivity contribution in [2.24, 2.45) is 0 Å². The zero-order valence-corrected chi connectivity index (χ0v) is 11.3. The van der Waals surface area contributed by atoms with Gasteiger partial charge in [0.25, 0.3) is 0 Å². The summed E-state index contributed by atoms with van der Waals surface area (Å²) in [7, 11) is -0.673. The molecule has 18 heavy (non-hydrogen) atoms. The van der Waals surface area contributed by atoms with Crippen molar-refractivity contribution in [1.82, 2.24) is 9.62 Å². The van der Waals surface area contributed by atoms with Crippen LogP contribution in [0.25, 0.3) is 0 Å². The summed E-state index contributed by atoms with van der Waals surface area (Å²) in [6, 6.07) is 4.11. The Hall–Kier alpha value is -1.24. The SMILES string of the molecule is C=CCN(C)S(=O)(=O)c1ccc(CNC)cc1F. The highest BCUT2D eigenvalue weighted by molar-refractivity contribution is 7.89. The van der Waals surface area contributed by atoms with Crippen LogP contribution in [0.5, 0.6) is 0 Å². The van der Waals surface area contributed by atoms with Gasteiger partial charge < -0.3 is 5.32 Å². The Morgan fingerprint density at radius 2 is 2.17 bits per heavy atom. The number of halogens is 1. The molecule has 1 aromatic rings. The Kier molecular flexibility index (Phi) is 5.01. The molecule has 0 amide bonds. The van der Waals surface area contributed by atoms with E-state index >= 15 is 0 Å². The lowest BCUT2D eigenvalue weighted by Gasteiger charge is -2.16. The second-order valence-corrected chi connectivity index (χ2v) is 5.88. The van der Waals surface area contributed by atoms with Gasteiger partial charge in [0.1, 0.15) is 10.7 Å². The molecule has 0 heterocycles. The molecule has 0 saturated heterocycles. The number of rotatable bonds is 6. The van der Waals surface area contributed by atoms with Crippen molar-refractivity contribution in [2.75, 3.05) is 20.6 Å². The van der Waals surface area contributed by atoms with Crippen LogP contribution in [0.15, 0.2) is 35.7 Å². The normalized spacial score (nSPS) is 11.8. The number of benzene rings is 1. The van der Waals surface area contributed by atoms with Gasteiger partial charge in [-0.25, -0.2) is 12.8 Å². The Morgan fingerprint density at radius 3 is 2.67 bits per heavy atom. The van der Waals surface area contributed by atoms with E-state index in [9.17, 15) is 12.8 Å². The van der Waals surface area contributed by atoms with E-state index in [1.165, 1.54) is 25.3 Å². The number of sulfonamides is 1. The summed E-state index contributed by atoms with van der Waals surface area (Å²) in [5.41, 5.74) is 0.695. The van der Waals surface area contributed by atoms with Crippen molar-refractivity contribution in [2.45, 2.75) is 11.4 Å². The summed E-state index contributed by atoms with van der Waals surface area (Å²) in [5, 5.41) is 2.87. The zero-order valence-electron chi connectivity index (χ0n) is 10.5. The standard InChI is InChI=1S/C12H17FN2O2S/c1-4-7-15(3)18(16,17)12-6-5-10(9-14-2)8-11(12)13/h4-6,8,14H,1,7,9H2,2-3H3. The van der Waals surface area contributed by atoms with Gasteiger partial charge >= 0.3 is 0 Å². The van der Waals surface area contributed by atoms with Crippen LogP contribution in [0.4, 0.5) is 4.39 Å². The quantitative estimate of drug-likeness (QED) is 0.795. The van der Waals surface area contributed by atoms with Crippen molar-refractivity contribution in [1.29, 1.82) is 0 Å². The van der Waals surface area contributed by atoms with Crippen LogP contribution < -0.4 is 5.32 Å². The van der Waals surface area contributed by atoms with E-state index in [0.717, 1.165) is 4.31 Å². The molecule has 0 aliphatic heterocycles. The second kappa shape index (κ2) is 6.08. The molecule has 0 atom stereocenters. The number of hydrogen-bond acceptors (Lipinski definition) is 3. The molecule has 0 unspecified atom stereocenters. The van der Waals surface area contributed by atoms with Crippen molar-refractivity contribution in [3.63, 3.8) is 0 Å². The highest BCUT2D eigenvalue weighted by atomic mass is 32.2. The van der Waals surface area contributed by atoms with Crippen molar-refractivity contribution >= 4 is 10.0 Å². The maximum Gasteiger partial charge on any atom is 0.246 e. The molecular formula is C12H17FN2O2S. The topological polar surface area (TPSA) is 49.4 Å². The highest BCUT2D eigenvalue weighted by Crippen LogP contribution is 2.19. The molecule has 0 saturated carbocycles. The molecule has 0 spiro atoms. The van der Waals surface area contributed by atoms with Gasteiger partial charge in [-0.2, -0.15) is 4.31 Å². The van der Waals surface area contributed by atoms with Crippen molar-refractivity contribution < 1.29 is 12.8 Å². The molecule has 100 valence electrons. The molecule has 0 fully saturated rings. The first kappa shape index (κ1) is 14.8. The average Bonchev–Trinajstić information content (AvgIpc) is 2.29. The number of hydrogen-bond donors (Lipinski definition) is 1. The molecule has 4 nitrogen and oxygen atoms in total. The lowest BCUT2D eigenvalue weighted by molar-refractivity contribution is 0.489. The molecule has 0 aliphatic carbocycles. The first-order chi connectivity index (χ1) is 8.43. The minimum Gasteiger partial charge on any atom is -0.316 e. The average molecular weight is 272 g/mol. The highest BCUT2D eigenvalue weighted by Gasteiger charge is 2.23. The second-order valence-electron chi connectivity index (χ2n) is 3.87. The van der Waals surface area contributed by atoms with E-state index in [4.69, 9.17) is 0 Å². The maximum absolute atomic E-state index is 13.8. The monoisotopic (exact) mass is 272 g/mol. The van der Waals surface area contributed by atoms with Crippen LogP contribution in [0.2, 0.25) is 0 Å². The van der Waals surface area contributed by atoms with Gasteiger partial charge in [-0.15, -0.1) is 6.58 Å². The number of likely N-dealkylation sites (N-methyl/N-ethyl adjacent to an activating group) is 1. The largest absolute Gasteiger partial charge is 0.316 e. The van der Waals surface area contributed by atoms with E-state index < -0.39 is 15.8 Å². The van der Waals surface area contributed by atoms with Crippen LogP contribution in [0.1, 0.15) is 5.56 Å². The van der Waals surface area contributed by atoms with Gasteiger partial charge in [-0.05, 0) is 24.7 Å². The van der Waals surface area contributed by atoms with Gasteiger partial charge in [-0.3, -0.25) is 0 Å². The predicted molar refractivity (Wildman–Crippen MR) is 69.2 cm³/mol. The van der Waals surface area contributed by atoms with E-state index in [2.05, 4.69) is 11.9 Å². The summed E-state index contributed by atoms with van der Waals surface area (Å²) in [6.45, 7) is 4.09. The van der Waals surface area contributed by atoms with Gasteiger partial charge in [0.2, 0.25) is 10.0 Å². The first-order valence-corrected chi connectivity index (χ1v) is 6.87. The van der Waals surface area contributed by atoms with Gasteiger partial charge in [0.15, 0.2) is 0 Å². The maximum atomic E-state index is 13.8. The minimum atomic E-state index is -3.80. The molecule has 1 rings (SSSR count). The summed E-state index contributed by atoms with van der Waals surface area (Å²) in [5.74, 6) is -0.737. The van der Waals surface area contributed by atoms with Crippen LogP contribution in [-0.2, 0) is 16.6 Å². The van der Waals surface area contributed by atoms with Crippen LogP contribution >= 0.6 is 0 Å². The molecule has 0 radical (unpaired) electrons. The van der Waals surface area contributed by atoms with Crippen LogP contribution in [0.3, 0.4) is 0 Å². The molecule has 1 aromatic carbocycles. The lowest BCUT2D eigenvalue weighted by Crippen LogP contribution is -2.27. The zero-order chi connectivity index (χ0) is 13.8. The Labute approximate surface area is 107 Å². The van der Waals surface area contributed by atoms with Gasteiger partial charge in [0.05, 0.1) is 0 Å². The first-order valence-electron chi connectivity index (χ1n) is 5.43. The van der Waals surface area contributed by atoms with E-state index in [0.29, 0.717) is 12.1 Å². The smallest absolute Gasteiger partial charge is 0.246 e. The fourth-order valence-electron chi connectivity index (χ4n) is 1.52. The number of nitrogens with zero attached hydrogens (tertiary/aromatic N) is 1. The lowest BCUT2D eigenvalue weighted by atomic mass is 10.2. The summed E-state index contributed by atoms with van der Waals surface area (Å²) in [6.07, 6.45) is 1.45. The molecular weight excluding hydrogens is 255 g/mol. The fraction of sp³-hybridized carbons (Fsp3) is 0.333. The Balaban J connectivity index is 3.13. The molecule has 6 heteroatoms. The third-order valence-corrected chi connectivity index (χ3v) is 4.31. The van der Waals surface area contributed by atoms with Gasteiger partial charge in [0, 0.05) is 20.1 Å². The molecule has 0 bridgehead atoms. The van der Waals surface area contributed by atoms with Crippen LogP contribution in [-0.4, -0.2) is 33.4 Å². The van der Waals surface area contributed by atoms with E-state index in [-0.39, 0.29) is 11.4 Å². The van der Waals surface area contributed by atoms with Crippen LogP contribution in [0, 0.1) is 5.82 Å². The fourth-order valence-corrected chi connectivity index (χ4v) is 2.70. The van der Waals surface area contributed by atoms with Crippen molar-refractivity contribution in [3.05, 3.63) is 42.2 Å². The Morgan fingerprint density at radius 1 is 1.50 bits per heavy atom.